The molecule has 1 fully saturated rings. The Morgan fingerprint density at radius 3 is 2.74 bits per heavy atom. The summed E-state index contributed by atoms with van der Waals surface area (Å²) >= 11 is 0. The highest BCUT2D eigenvalue weighted by atomic mass is 16.6. The van der Waals surface area contributed by atoms with Gasteiger partial charge in [0.05, 0.1) is 30.2 Å². The second-order valence-corrected chi connectivity index (χ2v) is 6.57. The molecule has 0 radical (unpaired) electrons. The molecule has 1 aliphatic rings. The Hall–Kier alpha value is -3.29. The standard InChI is InChI=1S/C19H20N4O4/c1-26-17-6-3-12(9-18(17)27-2)13-7-8-22(11-13)19-20-15-5-4-14(23(24)25)10-16(15)21-19/h3-6,9-10,13H,7-8,11H2,1-2H3,(H,20,21). The molecule has 8 heteroatoms. The minimum Gasteiger partial charge on any atom is -0.493 e. The quantitative estimate of drug-likeness (QED) is 0.547. The Bertz CT molecular complexity index is 1000. The average Bonchev–Trinajstić information content (AvgIpc) is 3.33. The van der Waals surface area contributed by atoms with Gasteiger partial charge in [-0.15, -0.1) is 0 Å². The molecule has 1 unspecified atom stereocenters. The van der Waals surface area contributed by atoms with Crippen molar-refractivity contribution in [2.45, 2.75) is 12.3 Å². The maximum atomic E-state index is 10.9. The van der Waals surface area contributed by atoms with Gasteiger partial charge in [0, 0.05) is 31.1 Å². The van der Waals surface area contributed by atoms with Crippen LogP contribution in [0.4, 0.5) is 11.6 Å². The number of nitrogens with one attached hydrogen (secondary N) is 1. The number of ether oxygens (including phenoxy) is 2. The van der Waals surface area contributed by atoms with Crippen molar-refractivity contribution in [3.05, 3.63) is 52.1 Å². The predicted octanol–water partition coefficient (Wildman–Crippen LogP) is 3.48. The average molecular weight is 368 g/mol. The summed E-state index contributed by atoms with van der Waals surface area (Å²) in [7, 11) is 3.26. The lowest BCUT2D eigenvalue weighted by atomic mass is 9.98. The number of nitrogens with zero attached hydrogens (tertiary/aromatic N) is 3. The molecule has 0 saturated carbocycles. The van der Waals surface area contributed by atoms with Crippen LogP contribution in [0.15, 0.2) is 36.4 Å². The largest absolute Gasteiger partial charge is 0.493 e. The number of nitro benzene ring substituents is 1. The molecule has 0 aliphatic carbocycles. The first-order chi connectivity index (χ1) is 13.1. The lowest BCUT2D eigenvalue weighted by Gasteiger charge is -2.16. The lowest BCUT2D eigenvalue weighted by Crippen LogP contribution is -2.20. The molecule has 1 aromatic heterocycles. The number of imidazole rings is 1. The monoisotopic (exact) mass is 368 g/mol. The topological polar surface area (TPSA) is 93.5 Å². The van der Waals surface area contributed by atoms with Crippen LogP contribution in [0.25, 0.3) is 11.0 Å². The molecule has 0 amide bonds. The number of nitro groups is 1. The Morgan fingerprint density at radius 1 is 1.19 bits per heavy atom. The molecular weight excluding hydrogens is 348 g/mol. The van der Waals surface area contributed by atoms with Gasteiger partial charge in [0.1, 0.15) is 0 Å². The number of anilines is 1. The smallest absolute Gasteiger partial charge is 0.271 e. The summed E-state index contributed by atoms with van der Waals surface area (Å²) in [5.74, 6) is 2.54. The minimum atomic E-state index is -0.400. The number of H-pyrrole nitrogens is 1. The van der Waals surface area contributed by atoms with Gasteiger partial charge >= 0.3 is 0 Å². The van der Waals surface area contributed by atoms with Gasteiger partial charge in [-0.05, 0) is 30.2 Å². The van der Waals surface area contributed by atoms with Gasteiger partial charge in [-0.3, -0.25) is 10.1 Å². The SMILES string of the molecule is COc1ccc(C2CCN(c3nc4ccc([N+](=O)[O-])cc4[nH]3)C2)cc1OC. The molecule has 27 heavy (non-hydrogen) atoms. The van der Waals surface area contributed by atoms with Crippen LogP contribution in [0.1, 0.15) is 17.9 Å². The lowest BCUT2D eigenvalue weighted by molar-refractivity contribution is -0.384. The van der Waals surface area contributed by atoms with E-state index in [4.69, 9.17) is 9.47 Å². The van der Waals surface area contributed by atoms with Gasteiger partial charge in [0.2, 0.25) is 5.95 Å². The van der Waals surface area contributed by atoms with Gasteiger partial charge in [0.25, 0.3) is 5.69 Å². The van der Waals surface area contributed by atoms with Gasteiger partial charge in [-0.25, -0.2) is 4.98 Å². The number of hydrogen-bond acceptors (Lipinski definition) is 6. The van der Waals surface area contributed by atoms with Crippen LogP contribution in [0.5, 0.6) is 11.5 Å². The fraction of sp³-hybridized carbons (Fsp3) is 0.316. The fourth-order valence-corrected chi connectivity index (χ4v) is 3.58. The predicted molar refractivity (Wildman–Crippen MR) is 102 cm³/mol. The molecule has 2 aromatic carbocycles. The van der Waals surface area contributed by atoms with Crippen LogP contribution in [0, 0.1) is 10.1 Å². The van der Waals surface area contributed by atoms with Crippen molar-refractivity contribution in [3.8, 4) is 11.5 Å². The molecule has 0 bridgehead atoms. The van der Waals surface area contributed by atoms with E-state index in [2.05, 4.69) is 20.9 Å². The van der Waals surface area contributed by atoms with Crippen LogP contribution in [0.3, 0.4) is 0 Å². The second kappa shape index (κ2) is 6.79. The van der Waals surface area contributed by atoms with E-state index in [1.807, 2.05) is 12.1 Å². The Labute approximate surface area is 155 Å². The summed E-state index contributed by atoms with van der Waals surface area (Å²) in [6, 6.07) is 10.7. The van der Waals surface area contributed by atoms with Gasteiger partial charge < -0.3 is 19.4 Å². The van der Waals surface area contributed by atoms with Crippen molar-refractivity contribution >= 4 is 22.7 Å². The molecule has 2 heterocycles. The maximum Gasteiger partial charge on any atom is 0.271 e. The molecule has 1 saturated heterocycles. The molecular formula is C19H20N4O4. The molecule has 1 atom stereocenters. The number of hydrogen-bond donors (Lipinski definition) is 1. The van der Waals surface area contributed by atoms with Crippen molar-refractivity contribution in [2.24, 2.45) is 0 Å². The van der Waals surface area contributed by atoms with E-state index in [1.165, 1.54) is 17.7 Å². The van der Waals surface area contributed by atoms with Crippen LogP contribution in [-0.2, 0) is 0 Å². The van der Waals surface area contributed by atoms with Gasteiger partial charge in [-0.2, -0.15) is 0 Å². The number of methoxy groups -OCH3 is 2. The highest BCUT2D eigenvalue weighted by Crippen LogP contribution is 2.35. The van der Waals surface area contributed by atoms with Crippen molar-refractivity contribution in [2.75, 3.05) is 32.2 Å². The first-order valence-electron chi connectivity index (χ1n) is 8.70. The highest BCUT2D eigenvalue weighted by Gasteiger charge is 2.27. The van der Waals surface area contributed by atoms with Crippen LogP contribution in [-0.4, -0.2) is 42.2 Å². The molecule has 0 spiro atoms. The second-order valence-electron chi connectivity index (χ2n) is 6.57. The number of fused-ring (bicyclic) bond motifs is 1. The zero-order valence-corrected chi connectivity index (χ0v) is 15.1. The summed E-state index contributed by atoms with van der Waals surface area (Å²) < 4.78 is 10.7. The maximum absolute atomic E-state index is 10.9. The zero-order chi connectivity index (χ0) is 19.0. The summed E-state index contributed by atoms with van der Waals surface area (Å²) in [6.45, 7) is 1.68. The van der Waals surface area contributed by atoms with Crippen molar-refractivity contribution in [1.29, 1.82) is 0 Å². The van der Waals surface area contributed by atoms with Gasteiger partial charge in [-0.1, -0.05) is 6.07 Å². The fourth-order valence-electron chi connectivity index (χ4n) is 3.58. The minimum absolute atomic E-state index is 0.0577. The van der Waals surface area contributed by atoms with E-state index >= 15 is 0 Å². The number of aromatic nitrogens is 2. The van der Waals surface area contributed by atoms with Crippen LogP contribution < -0.4 is 14.4 Å². The highest BCUT2D eigenvalue weighted by molar-refractivity contribution is 5.80. The van der Waals surface area contributed by atoms with Crippen molar-refractivity contribution < 1.29 is 14.4 Å². The van der Waals surface area contributed by atoms with Crippen LogP contribution in [0.2, 0.25) is 0 Å². The van der Waals surface area contributed by atoms with Crippen LogP contribution >= 0.6 is 0 Å². The van der Waals surface area contributed by atoms with E-state index in [0.29, 0.717) is 11.4 Å². The first-order valence-corrected chi connectivity index (χ1v) is 8.70. The third-order valence-electron chi connectivity index (χ3n) is 5.03. The normalized spacial score (nSPS) is 16.7. The third kappa shape index (κ3) is 3.14. The molecule has 1 aliphatic heterocycles. The number of benzene rings is 2. The Balaban J connectivity index is 1.56. The van der Waals surface area contributed by atoms with Gasteiger partial charge in [0.15, 0.2) is 11.5 Å². The van der Waals surface area contributed by atoms with E-state index in [9.17, 15) is 10.1 Å². The number of rotatable bonds is 5. The Kier molecular flexibility index (Phi) is 4.31. The molecule has 140 valence electrons. The van der Waals surface area contributed by atoms with Crippen molar-refractivity contribution in [1.82, 2.24) is 9.97 Å². The van der Waals surface area contributed by atoms with Crippen molar-refractivity contribution in [3.63, 3.8) is 0 Å². The summed E-state index contributed by atoms with van der Waals surface area (Å²) in [5, 5.41) is 10.9. The summed E-state index contributed by atoms with van der Waals surface area (Å²) in [6.07, 6.45) is 0.993. The molecule has 1 N–H and O–H groups in total. The molecule has 3 aromatic rings. The summed E-state index contributed by atoms with van der Waals surface area (Å²) in [5.41, 5.74) is 2.66. The first kappa shape index (κ1) is 17.1. The van der Waals surface area contributed by atoms with E-state index < -0.39 is 4.92 Å². The molecule has 8 nitrogen and oxygen atoms in total. The van der Waals surface area contributed by atoms with E-state index in [0.717, 1.165) is 42.5 Å². The zero-order valence-electron chi connectivity index (χ0n) is 15.1. The number of aromatic amines is 1. The van der Waals surface area contributed by atoms with E-state index in [-0.39, 0.29) is 5.69 Å². The summed E-state index contributed by atoms with van der Waals surface area (Å²) in [4.78, 5) is 20.5. The number of non-ortho nitro benzene ring substituents is 1. The molecule has 4 rings (SSSR count). The Morgan fingerprint density at radius 2 is 2.00 bits per heavy atom. The van der Waals surface area contributed by atoms with E-state index in [1.54, 1.807) is 20.3 Å². The third-order valence-corrected chi connectivity index (χ3v) is 5.03.